The van der Waals surface area contributed by atoms with Crippen molar-refractivity contribution in [1.29, 1.82) is 0 Å². The van der Waals surface area contributed by atoms with Crippen molar-refractivity contribution >= 4 is 0 Å². The van der Waals surface area contributed by atoms with Crippen molar-refractivity contribution in [3.05, 3.63) is 33.7 Å². The lowest BCUT2D eigenvalue weighted by Crippen LogP contribution is -2.29. The topological polar surface area (TPSA) is 44.9 Å². The fraction of sp³-hybridized carbons (Fsp3) is 0.545. The molecule has 1 aliphatic heterocycles. The number of rotatable bonds is 1. The summed E-state index contributed by atoms with van der Waals surface area (Å²) in [5.41, 5.74) is 2.15. The predicted molar refractivity (Wildman–Crippen MR) is 56.6 cm³/mol. The number of nitrogens with one attached hydrogen (secondary N) is 2. The number of hydrogen-bond acceptors (Lipinski definition) is 2. The third-order valence-electron chi connectivity index (χ3n) is 2.77. The van der Waals surface area contributed by atoms with Gasteiger partial charge in [0.05, 0.1) is 0 Å². The summed E-state index contributed by atoms with van der Waals surface area (Å²) in [5.74, 6) is 0.518. The van der Waals surface area contributed by atoms with E-state index in [0.717, 1.165) is 18.8 Å². The van der Waals surface area contributed by atoms with Crippen LogP contribution in [0.1, 0.15) is 30.0 Å². The van der Waals surface area contributed by atoms with Crippen LogP contribution < -0.4 is 10.9 Å². The molecule has 0 bridgehead atoms. The van der Waals surface area contributed by atoms with Crippen molar-refractivity contribution in [3.63, 3.8) is 0 Å². The molecule has 0 aliphatic carbocycles. The molecule has 2 N–H and O–H groups in total. The maximum atomic E-state index is 11.3. The molecule has 3 heteroatoms. The standard InChI is InChI=1S/C11H16N2O/c1-8-5-10(6-11(14)13-8)9-3-2-4-12-7-9/h5-6,9,12H,2-4,7H2,1H3,(H,13,14). The Balaban J connectivity index is 2.26. The molecule has 0 aromatic carbocycles. The van der Waals surface area contributed by atoms with Gasteiger partial charge in [0.2, 0.25) is 5.56 Å². The number of pyridine rings is 1. The molecule has 1 aliphatic rings. The number of piperidine rings is 1. The fourth-order valence-electron chi connectivity index (χ4n) is 2.08. The summed E-state index contributed by atoms with van der Waals surface area (Å²) in [6, 6.07) is 3.81. The minimum Gasteiger partial charge on any atom is -0.327 e. The lowest BCUT2D eigenvalue weighted by Gasteiger charge is -2.23. The first kappa shape index (κ1) is 9.46. The fourth-order valence-corrected chi connectivity index (χ4v) is 2.08. The highest BCUT2D eigenvalue weighted by Crippen LogP contribution is 2.21. The van der Waals surface area contributed by atoms with E-state index < -0.39 is 0 Å². The maximum absolute atomic E-state index is 11.3. The number of H-pyrrole nitrogens is 1. The Morgan fingerprint density at radius 1 is 1.43 bits per heavy atom. The normalized spacial score (nSPS) is 22.2. The average Bonchev–Trinajstić information content (AvgIpc) is 2.18. The molecule has 2 heterocycles. The second kappa shape index (κ2) is 3.96. The van der Waals surface area contributed by atoms with Gasteiger partial charge >= 0.3 is 0 Å². The molecule has 0 spiro atoms. The van der Waals surface area contributed by atoms with E-state index >= 15 is 0 Å². The van der Waals surface area contributed by atoms with Gasteiger partial charge in [-0.2, -0.15) is 0 Å². The molecular weight excluding hydrogens is 176 g/mol. The van der Waals surface area contributed by atoms with E-state index in [1.165, 1.54) is 18.4 Å². The summed E-state index contributed by atoms with van der Waals surface area (Å²) in [4.78, 5) is 14.1. The van der Waals surface area contributed by atoms with Crippen LogP contribution in [0.15, 0.2) is 16.9 Å². The van der Waals surface area contributed by atoms with Crippen LogP contribution in [0.25, 0.3) is 0 Å². The van der Waals surface area contributed by atoms with Gasteiger partial charge in [-0.15, -0.1) is 0 Å². The van der Waals surface area contributed by atoms with E-state index in [0.29, 0.717) is 5.92 Å². The van der Waals surface area contributed by atoms with Gasteiger partial charge in [0.25, 0.3) is 0 Å². The summed E-state index contributed by atoms with van der Waals surface area (Å²) < 4.78 is 0. The molecule has 1 aromatic rings. The molecule has 1 saturated heterocycles. The number of aromatic amines is 1. The summed E-state index contributed by atoms with van der Waals surface area (Å²) in [6.07, 6.45) is 2.40. The van der Waals surface area contributed by atoms with Crippen LogP contribution in [0.5, 0.6) is 0 Å². The van der Waals surface area contributed by atoms with Gasteiger partial charge in [0.15, 0.2) is 0 Å². The highest BCUT2D eigenvalue weighted by atomic mass is 16.1. The first-order chi connectivity index (χ1) is 6.75. The largest absolute Gasteiger partial charge is 0.327 e. The highest BCUT2D eigenvalue weighted by molar-refractivity contribution is 5.21. The monoisotopic (exact) mass is 192 g/mol. The Morgan fingerprint density at radius 3 is 2.93 bits per heavy atom. The van der Waals surface area contributed by atoms with Crippen molar-refractivity contribution in [3.8, 4) is 0 Å². The third kappa shape index (κ3) is 2.04. The van der Waals surface area contributed by atoms with Crippen molar-refractivity contribution < 1.29 is 0 Å². The minimum atomic E-state index is 0.0190. The van der Waals surface area contributed by atoms with Crippen molar-refractivity contribution in [2.45, 2.75) is 25.7 Å². The first-order valence-electron chi connectivity index (χ1n) is 5.17. The van der Waals surface area contributed by atoms with Crippen LogP contribution in [-0.2, 0) is 0 Å². The molecule has 1 fully saturated rings. The molecule has 76 valence electrons. The van der Waals surface area contributed by atoms with E-state index in [9.17, 15) is 4.79 Å². The van der Waals surface area contributed by atoms with Crippen LogP contribution in [-0.4, -0.2) is 18.1 Å². The Bertz CT molecular complexity index is 364. The number of aromatic nitrogens is 1. The van der Waals surface area contributed by atoms with Crippen molar-refractivity contribution in [1.82, 2.24) is 10.3 Å². The van der Waals surface area contributed by atoms with E-state index in [2.05, 4.69) is 16.4 Å². The smallest absolute Gasteiger partial charge is 0.248 e. The van der Waals surface area contributed by atoms with Gasteiger partial charge in [0, 0.05) is 18.3 Å². The zero-order valence-corrected chi connectivity index (χ0v) is 8.47. The number of hydrogen-bond donors (Lipinski definition) is 2. The van der Waals surface area contributed by atoms with Gasteiger partial charge in [-0.25, -0.2) is 0 Å². The SMILES string of the molecule is Cc1cc(C2CCCNC2)cc(=O)[nH]1. The van der Waals surface area contributed by atoms with Crippen LogP contribution in [0.2, 0.25) is 0 Å². The van der Waals surface area contributed by atoms with Crippen molar-refractivity contribution in [2.75, 3.05) is 13.1 Å². The summed E-state index contributed by atoms with van der Waals surface area (Å²) in [5, 5.41) is 3.36. The average molecular weight is 192 g/mol. The van der Waals surface area contributed by atoms with Crippen LogP contribution >= 0.6 is 0 Å². The van der Waals surface area contributed by atoms with Gasteiger partial charge in [0.1, 0.15) is 0 Å². The molecule has 2 rings (SSSR count). The van der Waals surface area contributed by atoms with Crippen LogP contribution in [0.3, 0.4) is 0 Å². The molecule has 0 radical (unpaired) electrons. The molecule has 3 nitrogen and oxygen atoms in total. The van der Waals surface area contributed by atoms with Gasteiger partial charge < -0.3 is 10.3 Å². The predicted octanol–water partition coefficient (Wildman–Crippen LogP) is 1.15. The second-order valence-electron chi connectivity index (χ2n) is 4.00. The molecule has 1 aromatic heterocycles. The Kier molecular flexibility index (Phi) is 2.68. The maximum Gasteiger partial charge on any atom is 0.248 e. The summed E-state index contributed by atoms with van der Waals surface area (Å²) in [6.45, 7) is 4.04. The Morgan fingerprint density at radius 2 is 2.29 bits per heavy atom. The molecule has 14 heavy (non-hydrogen) atoms. The van der Waals surface area contributed by atoms with Gasteiger partial charge in [-0.3, -0.25) is 4.79 Å². The molecule has 1 unspecified atom stereocenters. The van der Waals surface area contributed by atoms with Crippen LogP contribution in [0.4, 0.5) is 0 Å². The molecule has 0 saturated carbocycles. The van der Waals surface area contributed by atoms with Crippen molar-refractivity contribution in [2.24, 2.45) is 0 Å². The van der Waals surface area contributed by atoms with E-state index in [4.69, 9.17) is 0 Å². The summed E-state index contributed by atoms with van der Waals surface area (Å²) >= 11 is 0. The lowest BCUT2D eigenvalue weighted by molar-refractivity contribution is 0.461. The van der Waals surface area contributed by atoms with Crippen LogP contribution in [0, 0.1) is 6.92 Å². The third-order valence-corrected chi connectivity index (χ3v) is 2.77. The molecule has 0 amide bonds. The zero-order chi connectivity index (χ0) is 9.97. The lowest BCUT2D eigenvalue weighted by atomic mass is 9.92. The Hall–Kier alpha value is -1.09. The summed E-state index contributed by atoms with van der Waals surface area (Å²) in [7, 11) is 0. The second-order valence-corrected chi connectivity index (χ2v) is 4.00. The molecule has 1 atom stereocenters. The minimum absolute atomic E-state index is 0.0190. The van der Waals surface area contributed by atoms with E-state index in [1.54, 1.807) is 6.07 Å². The Labute approximate surface area is 83.5 Å². The van der Waals surface area contributed by atoms with Gasteiger partial charge in [-0.1, -0.05) is 0 Å². The quantitative estimate of drug-likeness (QED) is 0.701. The van der Waals surface area contributed by atoms with E-state index in [-0.39, 0.29) is 5.56 Å². The van der Waals surface area contributed by atoms with Gasteiger partial charge in [-0.05, 0) is 43.9 Å². The number of aryl methyl sites for hydroxylation is 1. The zero-order valence-electron chi connectivity index (χ0n) is 8.47. The highest BCUT2D eigenvalue weighted by Gasteiger charge is 2.15. The molecular formula is C11H16N2O. The van der Waals surface area contributed by atoms with E-state index in [1.807, 2.05) is 6.92 Å². The first-order valence-corrected chi connectivity index (χ1v) is 5.17.